The van der Waals surface area contributed by atoms with Crippen molar-refractivity contribution in [2.75, 3.05) is 36.9 Å². The van der Waals surface area contributed by atoms with Crippen molar-refractivity contribution in [3.8, 4) is 0 Å². The first-order valence-electron chi connectivity index (χ1n) is 10.3. The number of hydrogen-bond donors (Lipinski definition) is 3. The van der Waals surface area contributed by atoms with E-state index >= 15 is 0 Å². The van der Waals surface area contributed by atoms with Gasteiger partial charge in [0.05, 0.1) is 29.3 Å². The molecule has 0 unspecified atom stereocenters. The SMILES string of the molecule is Cc1cc(F)c(C=O)cc1/C(C=N)=C/Nc1cncc(NC2CCN(CCF)CC2)c1. The normalized spacial score (nSPS) is 15.5. The molecule has 0 spiro atoms. The zero-order valence-corrected chi connectivity index (χ0v) is 17.5. The van der Waals surface area contributed by atoms with Gasteiger partial charge in [-0.05, 0) is 49.1 Å². The summed E-state index contributed by atoms with van der Waals surface area (Å²) in [7, 11) is 0. The zero-order chi connectivity index (χ0) is 22.2. The highest BCUT2D eigenvalue weighted by Crippen LogP contribution is 2.23. The average molecular weight is 427 g/mol. The molecule has 1 aliphatic heterocycles. The van der Waals surface area contributed by atoms with E-state index in [2.05, 4.69) is 20.5 Å². The molecule has 1 aromatic carbocycles. The van der Waals surface area contributed by atoms with Crippen molar-refractivity contribution in [2.45, 2.75) is 25.8 Å². The minimum absolute atomic E-state index is 0.0428. The van der Waals surface area contributed by atoms with Gasteiger partial charge in [0.1, 0.15) is 12.5 Å². The molecule has 1 aromatic heterocycles. The summed E-state index contributed by atoms with van der Waals surface area (Å²) in [6, 6.07) is 4.97. The van der Waals surface area contributed by atoms with Gasteiger partial charge in [-0.3, -0.25) is 9.78 Å². The van der Waals surface area contributed by atoms with E-state index in [-0.39, 0.29) is 12.2 Å². The van der Waals surface area contributed by atoms with Crippen LogP contribution < -0.4 is 10.6 Å². The molecule has 164 valence electrons. The van der Waals surface area contributed by atoms with E-state index < -0.39 is 5.82 Å². The number of hydrogen-bond acceptors (Lipinski definition) is 6. The molecule has 2 aromatic rings. The summed E-state index contributed by atoms with van der Waals surface area (Å²) < 4.78 is 26.3. The topological polar surface area (TPSA) is 81.1 Å². The summed E-state index contributed by atoms with van der Waals surface area (Å²) in [5.41, 5.74) is 3.31. The van der Waals surface area contributed by atoms with Gasteiger partial charge >= 0.3 is 0 Å². The molecule has 1 aliphatic rings. The van der Waals surface area contributed by atoms with Crippen LogP contribution in [0.25, 0.3) is 5.57 Å². The molecule has 0 aliphatic carbocycles. The largest absolute Gasteiger partial charge is 0.381 e. The van der Waals surface area contributed by atoms with Crippen molar-refractivity contribution in [1.29, 1.82) is 5.41 Å². The van der Waals surface area contributed by atoms with Gasteiger partial charge in [0.2, 0.25) is 0 Å². The van der Waals surface area contributed by atoms with Crippen molar-refractivity contribution in [1.82, 2.24) is 9.88 Å². The molecule has 1 saturated heterocycles. The molecular formula is C23H27F2N5O. The van der Waals surface area contributed by atoms with Crippen LogP contribution in [0, 0.1) is 18.2 Å². The maximum atomic E-state index is 13.8. The first-order valence-corrected chi connectivity index (χ1v) is 10.3. The second kappa shape index (κ2) is 10.8. The van der Waals surface area contributed by atoms with Crippen LogP contribution in [0.2, 0.25) is 0 Å². The van der Waals surface area contributed by atoms with E-state index in [1.807, 2.05) is 6.07 Å². The Morgan fingerprint density at radius 3 is 2.68 bits per heavy atom. The number of carbonyl (C=O) groups excluding carboxylic acids is 1. The summed E-state index contributed by atoms with van der Waals surface area (Å²) in [5, 5.41) is 14.3. The van der Waals surface area contributed by atoms with E-state index in [0.29, 0.717) is 35.6 Å². The number of aromatic nitrogens is 1. The number of aryl methyl sites for hydroxylation is 1. The first kappa shape index (κ1) is 22.6. The number of likely N-dealkylation sites (tertiary alicyclic amines) is 1. The van der Waals surface area contributed by atoms with Gasteiger partial charge in [-0.1, -0.05) is 0 Å². The van der Waals surface area contributed by atoms with Gasteiger partial charge < -0.3 is 20.9 Å². The highest BCUT2D eigenvalue weighted by atomic mass is 19.1. The maximum absolute atomic E-state index is 13.8. The molecule has 3 N–H and O–H groups in total. The number of allylic oxidation sites excluding steroid dienone is 1. The van der Waals surface area contributed by atoms with Crippen LogP contribution in [0.5, 0.6) is 0 Å². The summed E-state index contributed by atoms with van der Waals surface area (Å²) in [6.07, 6.45) is 8.56. The number of nitrogens with zero attached hydrogens (tertiary/aromatic N) is 2. The fourth-order valence-corrected chi connectivity index (χ4v) is 3.70. The van der Waals surface area contributed by atoms with E-state index in [1.54, 1.807) is 25.5 Å². The average Bonchev–Trinajstić information content (AvgIpc) is 2.77. The Morgan fingerprint density at radius 1 is 1.26 bits per heavy atom. The summed E-state index contributed by atoms with van der Waals surface area (Å²) in [4.78, 5) is 17.5. The van der Waals surface area contributed by atoms with Crippen molar-refractivity contribution < 1.29 is 13.6 Å². The number of benzene rings is 1. The van der Waals surface area contributed by atoms with Crippen LogP contribution in [0.1, 0.15) is 34.3 Å². The number of anilines is 2. The van der Waals surface area contributed by atoms with Gasteiger partial charge in [0.25, 0.3) is 0 Å². The van der Waals surface area contributed by atoms with Crippen molar-refractivity contribution in [3.63, 3.8) is 0 Å². The number of carbonyl (C=O) groups is 1. The summed E-state index contributed by atoms with van der Waals surface area (Å²) >= 11 is 0. The van der Waals surface area contributed by atoms with Crippen molar-refractivity contribution in [3.05, 3.63) is 59.3 Å². The lowest BCUT2D eigenvalue weighted by atomic mass is 9.99. The first-order chi connectivity index (χ1) is 15.0. The van der Waals surface area contributed by atoms with Gasteiger partial charge in [-0.15, -0.1) is 0 Å². The number of rotatable bonds is 9. The fourth-order valence-electron chi connectivity index (χ4n) is 3.70. The fraction of sp³-hybridized carbons (Fsp3) is 0.348. The van der Waals surface area contributed by atoms with Crippen LogP contribution in [-0.4, -0.2) is 54.7 Å². The third-order valence-electron chi connectivity index (χ3n) is 5.43. The number of piperidine rings is 1. The minimum atomic E-state index is -0.577. The Labute approximate surface area is 180 Å². The molecule has 0 amide bonds. The van der Waals surface area contributed by atoms with Crippen LogP contribution in [0.3, 0.4) is 0 Å². The molecular weight excluding hydrogens is 400 g/mol. The van der Waals surface area contributed by atoms with E-state index in [4.69, 9.17) is 5.41 Å². The van der Waals surface area contributed by atoms with Gasteiger partial charge in [-0.25, -0.2) is 8.78 Å². The Hall–Kier alpha value is -3.13. The van der Waals surface area contributed by atoms with Gasteiger partial charge in [-0.2, -0.15) is 0 Å². The standard InChI is InChI=1S/C23H27F2N5O/c1-16-8-23(25)17(15-31)9-22(16)18(11-26)12-28-20-10-21(14-27-13-20)29-19-2-5-30(6-3-19)7-4-24/h8-15,19,26,28-29H,2-7H2,1H3/b18-12+,26-11?. The van der Waals surface area contributed by atoms with E-state index in [1.165, 1.54) is 12.1 Å². The Morgan fingerprint density at radius 2 is 2.00 bits per heavy atom. The number of halogens is 2. The number of nitrogens with one attached hydrogen (secondary N) is 3. The second-order valence-corrected chi connectivity index (χ2v) is 7.61. The molecule has 2 heterocycles. The predicted molar refractivity (Wildman–Crippen MR) is 120 cm³/mol. The molecule has 0 atom stereocenters. The number of pyridine rings is 1. The zero-order valence-electron chi connectivity index (χ0n) is 17.5. The lowest BCUT2D eigenvalue weighted by Crippen LogP contribution is -2.40. The molecule has 3 rings (SSSR count). The third kappa shape index (κ3) is 5.95. The second-order valence-electron chi connectivity index (χ2n) is 7.61. The van der Waals surface area contributed by atoms with Crippen LogP contribution in [0.15, 0.2) is 36.8 Å². The molecule has 0 saturated carbocycles. The Kier molecular flexibility index (Phi) is 7.83. The molecule has 0 radical (unpaired) electrons. The third-order valence-corrected chi connectivity index (χ3v) is 5.43. The lowest BCUT2D eigenvalue weighted by molar-refractivity contribution is 0.112. The number of aldehydes is 1. The van der Waals surface area contributed by atoms with Crippen LogP contribution in [0.4, 0.5) is 20.2 Å². The Bertz CT molecular complexity index is 955. The lowest BCUT2D eigenvalue weighted by Gasteiger charge is -2.32. The quantitative estimate of drug-likeness (QED) is 0.411. The van der Waals surface area contributed by atoms with E-state index in [0.717, 1.165) is 43.5 Å². The highest BCUT2D eigenvalue weighted by Gasteiger charge is 2.18. The maximum Gasteiger partial charge on any atom is 0.153 e. The highest BCUT2D eigenvalue weighted by molar-refractivity contribution is 6.09. The van der Waals surface area contributed by atoms with Crippen LogP contribution in [-0.2, 0) is 0 Å². The van der Waals surface area contributed by atoms with Crippen LogP contribution >= 0.6 is 0 Å². The Balaban J connectivity index is 1.68. The smallest absolute Gasteiger partial charge is 0.153 e. The molecule has 31 heavy (non-hydrogen) atoms. The minimum Gasteiger partial charge on any atom is -0.381 e. The predicted octanol–water partition coefficient (Wildman–Crippen LogP) is 4.29. The monoisotopic (exact) mass is 427 g/mol. The molecule has 6 nitrogen and oxygen atoms in total. The summed E-state index contributed by atoms with van der Waals surface area (Å²) in [6.45, 7) is 3.66. The van der Waals surface area contributed by atoms with E-state index in [9.17, 15) is 13.6 Å². The molecule has 1 fully saturated rings. The van der Waals surface area contributed by atoms with Crippen molar-refractivity contribution >= 4 is 29.4 Å². The molecule has 8 heteroatoms. The van der Waals surface area contributed by atoms with Gasteiger partial charge in [0, 0.05) is 43.7 Å². The van der Waals surface area contributed by atoms with Crippen molar-refractivity contribution in [2.24, 2.45) is 0 Å². The van der Waals surface area contributed by atoms with Gasteiger partial charge in [0.15, 0.2) is 6.29 Å². The summed E-state index contributed by atoms with van der Waals surface area (Å²) in [5.74, 6) is -0.577. The number of alkyl halides is 1. The molecule has 0 bridgehead atoms.